The summed E-state index contributed by atoms with van der Waals surface area (Å²) >= 11 is 0. The first-order chi connectivity index (χ1) is 10.2. The third-order valence-electron chi connectivity index (χ3n) is 4.18. The molecule has 2 amide bonds. The lowest BCUT2D eigenvalue weighted by molar-refractivity contribution is 0.174. The summed E-state index contributed by atoms with van der Waals surface area (Å²) in [6, 6.07) is 5.93. The molecule has 0 aromatic heterocycles. The van der Waals surface area contributed by atoms with E-state index < -0.39 is 0 Å². The smallest absolute Gasteiger partial charge is 0.315 e. The Labute approximate surface area is 125 Å². The van der Waals surface area contributed by atoms with Gasteiger partial charge in [-0.25, -0.2) is 4.79 Å². The number of ether oxygens (including phenoxy) is 2. The normalized spacial score (nSPS) is 19.1. The highest BCUT2D eigenvalue weighted by atomic mass is 16.7. The minimum Gasteiger partial charge on any atom is -0.454 e. The fraction of sp³-hybridized carbons (Fsp3) is 0.562. The van der Waals surface area contributed by atoms with Gasteiger partial charge in [-0.1, -0.05) is 25.3 Å². The summed E-state index contributed by atoms with van der Waals surface area (Å²) in [5, 5.41) is 6.05. The number of benzene rings is 1. The summed E-state index contributed by atoms with van der Waals surface area (Å²) < 4.78 is 10.7. The zero-order chi connectivity index (χ0) is 14.7. The van der Waals surface area contributed by atoms with E-state index in [1.807, 2.05) is 25.1 Å². The molecule has 1 aromatic carbocycles. The monoisotopic (exact) mass is 290 g/mol. The van der Waals surface area contributed by atoms with E-state index in [4.69, 9.17) is 9.47 Å². The Bertz CT molecular complexity index is 512. The molecule has 1 saturated carbocycles. The van der Waals surface area contributed by atoms with Crippen molar-refractivity contribution in [1.29, 1.82) is 0 Å². The van der Waals surface area contributed by atoms with Gasteiger partial charge in [-0.3, -0.25) is 0 Å². The van der Waals surface area contributed by atoms with Gasteiger partial charge < -0.3 is 20.1 Å². The number of hydrogen-bond acceptors (Lipinski definition) is 3. The first-order valence-corrected chi connectivity index (χ1v) is 7.69. The molecule has 1 aliphatic carbocycles. The average Bonchev–Trinajstić information content (AvgIpc) is 2.95. The largest absolute Gasteiger partial charge is 0.454 e. The molecule has 1 aliphatic heterocycles. The van der Waals surface area contributed by atoms with Crippen molar-refractivity contribution < 1.29 is 14.3 Å². The standard InChI is InChI=1S/C16H22N2O3/c1-11(12-7-8-14-15(9-12)21-10-20-14)17-16(19)18-13-5-3-2-4-6-13/h7-9,11,13H,2-6,10H2,1H3,(H2,17,18,19). The lowest BCUT2D eigenvalue weighted by Gasteiger charge is -2.24. The molecule has 0 spiro atoms. The van der Waals surface area contributed by atoms with E-state index in [0.29, 0.717) is 6.04 Å². The highest BCUT2D eigenvalue weighted by Crippen LogP contribution is 2.34. The van der Waals surface area contributed by atoms with Gasteiger partial charge in [0.2, 0.25) is 6.79 Å². The van der Waals surface area contributed by atoms with E-state index in [1.54, 1.807) is 0 Å². The van der Waals surface area contributed by atoms with Gasteiger partial charge in [-0.2, -0.15) is 0 Å². The first kappa shape index (κ1) is 14.0. The quantitative estimate of drug-likeness (QED) is 0.899. The molecule has 1 aromatic rings. The molecule has 0 bridgehead atoms. The van der Waals surface area contributed by atoms with Crippen LogP contribution in [0.3, 0.4) is 0 Å². The SMILES string of the molecule is CC(NC(=O)NC1CCCCC1)c1ccc2c(c1)OCO2. The van der Waals surface area contributed by atoms with E-state index in [1.165, 1.54) is 19.3 Å². The molecule has 114 valence electrons. The summed E-state index contributed by atoms with van der Waals surface area (Å²) in [7, 11) is 0. The molecule has 1 atom stereocenters. The number of carbonyl (C=O) groups excluding carboxylic acids is 1. The van der Waals surface area contributed by atoms with Crippen molar-refractivity contribution in [2.75, 3.05) is 6.79 Å². The molecule has 1 heterocycles. The molecule has 2 aliphatic rings. The van der Waals surface area contributed by atoms with Crippen molar-refractivity contribution in [3.8, 4) is 11.5 Å². The number of rotatable bonds is 3. The van der Waals surface area contributed by atoms with Crippen molar-refractivity contribution in [2.24, 2.45) is 0 Å². The summed E-state index contributed by atoms with van der Waals surface area (Å²) in [5.41, 5.74) is 1.01. The van der Waals surface area contributed by atoms with Gasteiger partial charge in [0.15, 0.2) is 11.5 Å². The van der Waals surface area contributed by atoms with E-state index in [2.05, 4.69) is 10.6 Å². The van der Waals surface area contributed by atoms with Gasteiger partial charge in [0, 0.05) is 6.04 Å². The van der Waals surface area contributed by atoms with Crippen molar-refractivity contribution in [2.45, 2.75) is 51.1 Å². The zero-order valence-corrected chi connectivity index (χ0v) is 12.4. The van der Waals surface area contributed by atoms with E-state index >= 15 is 0 Å². The van der Waals surface area contributed by atoms with Crippen LogP contribution >= 0.6 is 0 Å². The van der Waals surface area contributed by atoms with Crippen LogP contribution in [0.15, 0.2) is 18.2 Å². The Hall–Kier alpha value is -1.91. The number of nitrogens with one attached hydrogen (secondary N) is 2. The van der Waals surface area contributed by atoms with Gasteiger partial charge in [-0.15, -0.1) is 0 Å². The van der Waals surface area contributed by atoms with Crippen LogP contribution in [0.5, 0.6) is 11.5 Å². The molecular formula is C16H22N2O3. The average molecular weight is 290 g/mol. The van der Waals surface area contributed by atoms with Crippen LogP contribution in [0.4, 0.5) is 4.79 Å². The van der Waals surface area contributed by atoms with Crippen molar-refractivity contribution in [3.05, 3.63) is 23.8 Å². The fourth-order valence-electron chi connectivity index (χ4n) is 2.94. The maximum Gasteiger partial charge on any atom is 0.315 e. The number of fused-ring (bicyclic) bond motifs is 1. The third-order valence-corrected chi connectivity index (χ3v) is 4.18. The molecule has 3 rings (SSSR count). The Balaban J connectivity index is 1.55. The lowest BCUT2D eigenvalue weighted by atomic mass is 9.96. The number of urea groups is 1. The second-order valence-corrected chi connectivity index (χ2v) is 5.79. The Morgan fingerprint density at radius 3 is 2.76 bits per heavy atom. The summed E-state index contributed by atoms with van der Waals surface area (Å²) in [6.45, 7) is 2.24. The highest BCUT2D eigenvalue weighted by Gasteiger charge is 2.19. The third kappa shape index (κ3) is 3.40. The molecule has 1 fully saturated rings. The maximum absolute atomic E-state index is 12.1. The molecule has 5 nitrogen and oxygen atoms in total. The van der Waals surface area contributed by atoms with Crippen LogP contribution in [0.2, 0.25) is 0 Å². The fourth-order valence-corrected chi connectivity index (χ4v) is 2.94. The highest BCUT2D eigenvalue weighted by molar-refractivity contribution is 5.74. The van der Waals surface area contributed by atoms with Gasteiger partial charge in [0.05, 0.1) is 6.04 Å². The molecule has 2 N–H and O–H groups in total. The predicted octanol–water partition coefficient (Wildman–Crippen LogP) is 3.11. The second-order valence-electron chi connectivity index (χ2n) is 5.79. The van der Waals surface area contributed by atoms with Crippen LogP contribution in [0.25, 0.3) is 0 Å². The van der Waals surface area contributed by atoms with E-state index in [0.717, 1.165) is 29.9 Å². The Morgan fingerprint density at radius 1 is 1.19 bits per heavy atom. The van der Waals surface area contributed by atoms with Crippen LogP contribution in [0, 0.1) is 0 Å². The molecule has 1 unspecified atom stereocenters. The topological polar surface area (TPSA) is 59.6 Å². The van der Waals surface area contributed by atoms with Crippen LogP contribution in [0.1, 0.15) is 50.6 Å². The Morgan fingerprint density at radius 2 is 1.95 bits per heavy atom. The van der Waals surface area contributed by atoms with Crippen LogP contribution in [-0.4, -0.2) is 18.9 Å². The first-order valence-electron chi connectivity index (χ1n) is 7.69. The minimum absolute atomic E-state index is 0.0666. The van der Waals surface area contributed by atoms with Gasteiger partial charge >= 0.3 is 6.03 Å². The lowest BCUT2D eigenvalue weighted by Crippen LogP contribution is -2.43. The number of hydrogen-bond donors (Lipinski definition) is 2. The summed E-state index contributed by atoms with van der Waals surface area (Å²) in [5.74, 6) is 1.51. The van der Waals surface area contributed by atoms with Crippen LogP contribution in [-0.2, 0) is 0 Å². The molecular weight excluding hydrogens is 268 g/mol. The van der Waals surface area contributed by atoms with Gasteiger partial charge in [0.1, 0.15) is 0 Å². The predicted molar refractivity (Wildman–Crippen MR) is 79.5 cm³/mol. The molecule has 0 saturated heterocycles. The molecule has 0 radical (unpaired) electrons. The Kier molecular flexibility index (Phi) is 4.18. The van der Waals surface area contributed by atoms with Crippen molar-refractivity contribution in [3.63, 3.8) is 0 Å². The number of amides is 2. The van der Waals surface area contributed by atoms with E-state index in [-0.39, 0.29) is 18.9 Å². The van der Waals surface area contributed by atoms with E-state index in [9.17, 15) is 4.79 Å². The zero-order valence-electron chi connectivity index (χ0n) is 12.4. The summed E-state index contributed by atoms with van der Waals surface area (Å²) in [4.78, 5) is 12.1. The minimum atomic E-state index is -0.0907. The van der Waals surface area contributed by atoms with Crippen molar-refractivity contribution in [1.82, 2.24) is 10.6 Å². The van der Waals surface area contributed by atoms with Crippen LogP contribution < -0.4 is 20.1 Å². The summed E-state index contributed by atoms with van der Waals surface area (Å²) in [6.07, 6.45) is 5.89. The van der Waals surface area contributed by atoms with Crippen molar-refractivity contribution >= 4 is 6.03 Å². The number of carbonyl (C=O) groups is 1. The van der Waals surface area contributed by atoms with Gasteiger partial charge in [0.25, 0.3) is 0 Å². The van der Waals surface area contributed by atoms with Gasteiger partial charge in [-0.05, 0) is 37.5 Å². The molecule has 5 heteroatoms. The second kappa shape index (κ2) is 6.24. The molecule has 21 heavy (non-hydrogen) atoms. The maximum atomic E-state index is 12.1.